The minimum atomic E-state index is -2.63. The lowest BCUT2D eigenvalue weighted by Gasteiger charge is -2.40. The third kappa shape index (κ3) is 5.43. The van der Waals surface area contributed by atoms with Crippen LogP contribution in [-0.4, -0.2) is 50.1 Å². The summed E-state index contributed by atoms with van der Waals surface area (Å²) >= 11 is 1.70. The van der Waals surface area contributed by atoms with Crippen LogP contribution in [0.15, 0.2) is 29.6 Å². The molecule has 3 fully saturated rings. The van der Waals surface area contributed by atoms with E-state index in [0.717, 1.165) is 43.0 Å². The Balaban J connectivity index is 1.17. The Bertz CT molecular complexity index is 1330. The molecule has 9 heteroatoms. The summed E-state index contributed by atoms with van der Waals surface area (Å²) in [6.07, 6.45) is 5.55. The first-order valence-electron chi connectivity index (χ1n) is 15.0. The fourth-order valence-corrected chi connectivity index (χ4v) is 8.51. The molecule has 2 unspecified atom stereocenters. The van der Waals surface area contributed by atoms with Crippen molar-refractivity contribution in [1.82, 2.24) is 25.0 Å². The number of aryl methyl sites for hydroxylation is 1. The van der Waals surface area contributed by atoms with Crippen molar-refractivity contribution in [1.29, 1.82) is 0 Å². The van der Waals surface area contributed by atoms with Crippen LogP contribution in [0.1, 0.15) is 107 Å². The van der Waals surface area contributed by atoms with Gasteiger partial charge in [0.15, 0.2) is 0 Å². The third-order valence-corrected chi connectivity index (χ3v) is 10.6. The second-order valence-electron chi connectivity index (χ2n) is 12.5. The number of carbonyl (C=O) groups is 1. The maximum atomic E-state index is 13.8. The van der Waals surface area contributed by atoms with Gasteiger partial charge in [0.25, 0.3) is 0 Å². The molecule has 2 bridgehead atoms. The molecule has 40 heavy (non-hydrogen) atoms. The molecule has 6 rings (SSSR count). The molecule has 0 radical (unpaired) electrons. The average Bonchev–Trinajstić information content (AvgIpc) is 3.59. The van der Waals surface area contributed by atoms with Crippen LogP contribution < -0.4 is 5.32 Å². The van der Waals surface area contributed by atoms with Crippen molar-refractivity contribution in [3.8, 4) is 0 Å². The quantitative estimate of drug-likeness (QED) is 0.313. The van der Waals surface area contributed by atoms with Crippen molar-refractivity contribution in [2.24, 2.45) is 5.92 Å². The van der Waals surface area contributed by atoms with Crippen LogP contribution in [0.25, 0.3) is 10.1 Å². The SMILES string of the molecule is Cc1nnc(C(C)C)n1C1CC2CCC(C1)N2CC[C@H](NC(=O)C1CCC(F)(F)CC1)c1csc2ccccc12. The lowest BCUT2D eigenvalue weighted by molar-refractivity contribution is -0.130. The van der Waals surface area contributed by atoms with E-state index in [2.05, 4.69) is 63.3 Å². The average molecular weight is 570 g/mol. The van der Waals surface area contributed by atoms with Gasteiger partial charge in [-0.2, -0.15) is 0 Å². The van der Waals surface area contributed by atoms with Gasteiger partial charge in [-0.15, -0.1) is 21.5 Å². The Morgan fingerprint density at radius 2 is 1.77 bits per heavy atom. The smallest absolute Gasteiger partial charge is 0.248 e. The van der Waals surface area contributed by atoms with Crippen molar-refractivity contribution < 1.29 is 13.6 Å². The van der Waals surface area contributed by atoms with Gasteiger partial charge >= 0.3 is 0 Å². The van der Waals surface area contributed by atoms with Gasteiger partial charge in [0, 0.05) is 54.0 Å². The van der Waals surface area contributed by atoms with Crippen molar-refractivity contribution in [3.63, 3.8) is 0 Å². The molecule has 2 aromatic heterocycles. The molecule has 2 saturated heterocycles. The van der Waals surface area contributed by atoms with Crippen LogP contribution in [0, 0.1) is 12.8 Å². The molecule has 1 saturated carbocycles. The van der Waals surface area contributed by atoms with Gasteiger partial charge < -0.3 is 9.88 Å². The van der Waals surface area contributed by atoms with Crippen LogP contribution in [0.5, 0.6) is 0 Å². The Morgan fingerprint density at radius 1 is 1.07 bits per heavy atom. The van der Waals surface area contributed by atoms with Crippen LogP contribution in [0.4, 0.5) is 8.78 Å². The number of benzene rings is 1. The number of thiophene rings is 1. The minimum absolute atomic E-state index is 0.0678. The van der Waals surface area contributed by atoms with Gasteiger partial charge in [-0.05, 0) is 74.3 Å². The highest BCUT2D eigenvalue weighted by atomic mass is 32.1. The number of nitrogens with zero attached hydrogens (tertiary/aromatic N) is 4. The summed E-state index contributed by atoms with van der Waals surface area (Å²) in [5.74, 6) is -0.594. The summed E-state index contributed by atoms with van der Waals surface area (Å²) < 4.78 is 31.1. The molecule has 216 valence electrons. The summed E-state index contributed by atoms with van der Waals surface area (Å²) in [6.45, 7) is 7.35. The number of aromatic nitrogens is 3. The molecule has 6 nitrogen and oxygen atoms in total. The molecule has 3 atom stereocenters. The van der Waals surface area contributed by atoms with E-state index in [-0.39, 0.29) is 43.6 Å². The molecule has 0 spiro atoms. The van der Waals surface area contributed by atoms with Crippen molar-refractivity contribution in [2.75, 3.05) is 6.54 Å². The number of hydrogen-bond acceptors (Lipinski definition) is 5. The summed E-state index contributed by atoms with van der Waals surface area (Å²) in [5.41, 5.74) is 1.15. The molecule has 2 aliphatic heterocycles. The Hall–Kier alpha value is -2.39. The molecule has 1 amide bonds. The van der Waals surface area contributed by atoms with E-state index in [1.807, 2.05) is 12.1 Å². The monoisotopic (exact) mass is 569 g/mol. The predicted molar refractivity (Wildman–Crippen MR) is 155 cm³/mol. The Morgan fingerprint density at radius 3 is 2.48 bits per heavy atom. The highest BCUT2D eigenvalue weighted by Crippen LogP contribution is 2.43. The molecule has 1 N–H and O–H groups in total. The first kappa shape index (κ1) is 27.8. The van der Waals surface area contributed by atoms with E-state index in [4.69, 9.17) is 0 Å². The number of carbonyl (C=O) groups excluding carboxylic acids is 1. The highest BCUT2D eigenvalue weighted by molar-refractivity contribution is 7.17. The second kappa shape index (κ2) is 11.1. The number of piperidine rings is 1. The van der Waals surface area contributed by atoms with E-state index in [0.29, 0.717) is 24.0 Å². The zero-order chi connectivity index (χ0) is 28.0. The van der Waals surface area contributed by atoms with Gasteiger partial charge in [-0.25, -0.2) is 8.78 Å². The van der Waals surface area contributed by atoms with Gasteiger partial charge in [0.05, 0.1) is 6.04 Å². The van der Waals surface area contributed by atoms with E-state index in [1.54, 1.807) is 11.3 Å². The van der Waals surface area contributed by atoms with Gasteiger partial charge in [-0.3, -0.25) is 9.69 Å². The normalized spacial score (nSPS) is 26.0. The predicted octanol–water partition coefficient (Wildman–Crippen LogP) is 7.17. The first-order chi connectivity index (χ1) is 19.2. The highest BCUT2D eigenvalue weighted by Gasteiger charge is 2.43. The van der Waals surface area contributed by atoms with Crippen LogP contribution in [0.2, 0.25) is 0 Å². The molecule has 3 aromatic rings. The molecule has 3 aliphatic rings. The van der Waals surface area contributed by atoms with E-state index in [9.17, 15) is 13.6 Å². The number of amides is 1. The second-order valence-corrected chi connectivity index (χ2v) is 13.5. The lowest BCUT2D eigenvalue weighted by Crippen LogP contribution is -2.45. The Labute approximate surface area is 239 Å². The van der Waals surface area contributed by atoms with Gasteiger partial charge in [0.2, 0.25) is 11.8 Å². The minimum Gasteiger partial charge on any atom is -0.349 e. The zero-order valence-corrected chi connectivity index (χ0v) is 24.6. The number of rotatable bonds is 8. The van der Waals surface area contributed by atoms with Crippen LogP contribution in [-0.2, 0) is 4.79 Å². The van der Waals surface area contributed by atoms with Crippen molar-refractivity contribution >= 4 is 27.3 Å². The van der Waals surface area contributed by atoms with Crippen molar-refractivity contribution in [2.45, 2.75) is 115 Å². The fraction of sp³-hybridized carbons (Fsp3) is 0.645. The molecule has 1 aliphatic carbocycles. The fourth-order valence-electron chi connectivity index (χ4n) is 7.50. The van der Waals surface area contributed by atoms with Crippen molar-refractivity contribution in [3.05, 3.63) is 46.9 Å². The molecule has 4 heterocycles. The maximum Gasteiger partial charge on any atom is 0.248 e. The summed E-state index contributed by atoms with van der Waals surface area (Å²) in [6, 6.07) is 9.67. The lowest BCUT2D eigenvalue weighted by atomic mass is 9.86. The topological polar surface area (TPSA) is 63.1 Å². The van der Waals surface area contributed by atoms with E-state index in [1.165, 1.54) is 22.9 Å². The van der Waals surface area contributed by atoms with E-state index >= 15 is 0 Å². The zero-order valence-electron chi connectivity index (χ0n) is 23.8. The van der Waals surface area contributed by atoms with Crippen LogP contribution >= 0.6 is 11.3 Å². The van der Waals surface area contributed by atoms with Gasteiger partial charge in [0.1, 0.15) is 11.6 Å². The largest absolute Gasteiger partial charge is 0.349 e. The number of nitrogens with one attached hydrogen (secondary N) is 1. The Kier molecular flexibility index (Phi) is 7.72. The van der Waals surface area contributed by atoms with Crippen LogP contribution in [0.3, 0.4) is 0 Å². The number of alkyl halides is 2. The maximum absolute atomic E-state index is 13.8. The summed E-state index contributed by atoms with van der Waals surface area (Å²) in [4.78, 5) is 16.0. The molecular weight excluding hydrogens is 528 g/mol. The number of fused-ring (bicyclic) bond motifs is 3. The molecule has 1 aromatic carbocycles. The van der Waals surface area contributed by atoms with E-state index < -0.39 is 5.92 Å². The molecular formula is C31H41F2N5OS. The summed E-state index contributed by atoms with van der Waals surface area (Å²) in [5, 5.41) is 15.6. The standard InChI is InChI=1S/C31H41F2N5OS/c1-19(2)29-36-35-20(3)38(29)24-16-22-8-9-23(17-24)37(22)15-12-27(26-18-40-28-7-5-4-6-25(26)28)34-30(39)21-10-13-31(32,33)14-11-21/h4-7,18-19,21-24,27H,8-17H2,1-3H3,(H,34,39)/t22?,23?,24?,27-/m0/s1. The number of halogens is 2. The number of hydrogen-bond donors (Lipinski definition) is 1. The third-order valence-electron chi connectivity index (χ3n) is 9.60. The van der Waals surface area contributed by atoms with Gasteiger partial charge in [-0.1, -0.05) is 32.0 Å². The first-order valence-corrected chi connectivity index (χ1v) is 15.9. The summed E-state index contributed by atoms with van der Waals surface area (Å²) in [7, 11) is 0.